The summed E-state index contributed by atoms with van der Waals surface area (Å²) in [5.74, 6) is -3.67. The van der Waals surface area contributed by atoms with Crippen LogP contribution in [0.25, 0.3) is 0 Å². The summed E-state index contributed by atoms with van der Waals surface area (Å²) in [5.41, 5.74) is -1.65. The lowest BCUT2D eigenvalue weighted by Crippen LogP contribution is -2.52. The molecule has 33 heavy (non-hydrogen) atoms. The molecule has 16 heteroatoms. The van der Waals surface area contributed by atoms with Crippen molar-refractivity contribution in [3.8, 4) is 11.5 Å². The van der Waals surface area contributed by atoms with Gasteiger partial charge in [-0.2, -0.15) is 30.4 Å². The van der Waals surface area contributed by atoms with Crippen LogP contribution in [0.3, 0.4) is 0 Å². The van der Waals surface area contributed by atoms with E-state index in [-0.39, 0.29) is 18.6 Å². The number of halogens is 7. The highest BCUT2D eigenvalue weighted by atomic mass is 127. The molecule has 0 amide bonds. The van der Waals surface area contributed by atoms with Gasteiger partial charge in [0.2, 0.25) is 0 Å². The van der Waals surface area contributed by atoms with Crippen LogP contribution in [-0.2, 0) is 14.9 Å². The standard InChI is InChI=1S/C17H9F5I2O8S/c18-16(19,20)15(17(21,22)33(28,29)30)32-14(27)8-4-2-1-3-7(8)13(26)31-12-6-9(23)11(25)5-10(12)24/h1-6,15,25H,(H,28,29,30). The van der Waals surface area contributed by atoms with Crippen molar-refractivity contribution in [3.63, 3.8) is 0 Å². The first-order valence-electron chi connectivity index (χ1n) is 8.08. The SMILES string of the molecule is O=C(Oc1cc(I)c(O)cc1I)c1ccccc1C(=O)OC(C(F)(F)F)C(F)(F)S(=O)(=O)O. The summed E-state index contributed by atoms with van der Waals surface area (Å²) < 4.78 is 106. The lowest BCUT2D eigenvalue weighted by atomic mass is 10.1. The molecule has 0 aromatic heterocycles. The van der Waals surface area contributed by atoms with Crippen LogP contribution in [0.1, 0.15) is 20.7 Å². The first kappa shape index (κ1) is 27.4. The van der Waals surface area contributed by atoms with Crippen LogP contribution in [0.5, 0.6) is 11.5 Å². The number of carbonyl (C=O) groups excluding carboxylic acids is 2. The number of ether oxygens (including phenoxy) is 2. The Labute approximate surface area is 209 Å². The number of rotatable bonds is 6. The minimum Gasteiger partial charge on any atom is -0.507 e. The van der Waals surface area contributed by atoms with Gasteiger partial charge in [-0.15, -0.1) is 0 Å². The van der Waals surface area contributed by atoms with E-state index in [1.807, 2.05) is 0 Å². The van der Waals surface area contributed by atoms with Crippen molar-refractivity contribution < 1.29 is 59.1 Å². The van der Waals surface area contributed by atoms with Crippen LogP contribution in [0.2, 0.25) is 0 Å². The van der Waals surface area contributed by atoms with E-state index in [2.05, 4.69) is 4.74 Å². The highest BCUT2D eigenvalue weighted by molar-refractivity contribution is 14.1. The molecule has 0 heterocycles. The lowest BCUT2D eigenvalue weighted by molar-refractivity contribution is -0.248. The summed E-state index contributed by atoms with van der Waals surface area (Å²) in [6.45, 7) is 0. The normalized spacial score (nSPS) is 13.3. The second-order valence-electron chi connectivity index (χ2n) is 6.03. The van der Waals surface area contributed by atoms with Gasteiger partial charge in [0.25, 0.3) is 6.10 Å². The Kier molecular flexibility index (Phi) is 8.17. The third kappa shape index (κ3) is 6.21. The van der Waals surface area contributed by atoms with Crippen molar-refractivity contribution in [2.45, 2.75) is 17.5 Å². The number of alkyl halides is 5. The first-order valence-corrected chi connectivity index (χ1v) is 11.7. The number of esters is 2. The monoisotopic (exact) mass is 722 g/mol. The van der Waals surface area contributed by atoms with Gasteiger partial charge in [0, 0.05) is 0 Å². The van der Waals surface area contributed by atoms with Crippen molar-refractivity contribution in [1.29, 1.82) is 0 Å². The van der Waals surface area contributed by atoms with Crippen molar-refractivity contribution in [3.05, 3.63) is 54.7 Å². The van der Waals surface area contributed by atoms with E-state index < -0.39 is 50.7 Å². The number of aromatic hydroxyl groups is 1. The van der Waals surface area contributed by atoms with E-state index in [1.165, 1.54) is 18.2 Å². The average molecular weight is 722 g/mol. The van der Waals surface area contributed by atoms with E-state index in [9.17, 15) is 45.1 Å². The van der Waals surface area contributed by atoms with Gasteiger partial charge in [-0.25, -0.2) is 9.59 Å². The number of hydrogen-bond acceptors (Lipinski definition) is 7. The molecule has 2 rings (SSSR count). The van der Waals surface area contributed by atoms with Gasteiger partial charge in [-0.3, -0.25) is 4.55 Å². The fourth-order valence-electron chi connectivity index (χ4n) is 2.22. The Morgan fingerprint density at radius 3 is 1.94 bits per heavy atom. The van der Waals surface area contributed by atoms with Gasteiger partial charge in [0.15, 0.2) is 0 Å². The average Bonchev–Trinajstić information content (AvgIpc) is 2.68. The molecule has 8 nitrogen and oxygen atoms in total. The lowest BCUT2D eigenvalue weighted by Gasteiger charge is -2.26. The first-order chi connectivity index (χ1) is 15.0. The minimum atomic E-state index is -6.64. The smallest absolute Gasteiger partial charge is 0.432 e. The van der Waals surface area contributed by atoms with Gasteiger partial charge in [0.1, 0.15) is 11.5 Å². The van der Waals surface area contributed by atoms with Crippen LogP contribution >= 0.6 is 45.2 Å². The fourth-order valence-corrected chi connectivity index (χ4v) is 3.67. The maximum absolute atomic E-state index is 13.7. The molecule has 1 atom stereocenters. The molecule has 0 saturated heterocycles. The topological polar surface area (TPSA) is 127 Å². The van der Waals surface area contributed by atoms with Gasteiger partial charge < -0.3 is 14.6 Å². The molecule has 0 radical (unpaired) electrons. The van der Waals surface area contributed by atoms with Crippen LogP contribution in [0.4, 0.5) is 22.0 Å². The molecule has 0 bridgehead atoms. The summed E-state index contributed by atoms with van der Waals surface area (Å²) in [4.78, 5) is 24.8. The molecule has 2 aromatic carbocycles. The predicted octanol–water partition coefficient (Wildman–Crippen LogP) is 4.39. The van der Waals surface area contributed by atoms with Crippen molar-refractivity contribution in [2.24, 2.45) is 0 Å². The minimum absolute atomic E-state index is 0.1000. The Morgan fingerprint density at radius 2 is 1.45 bits per heavy atom. The second kappa shape index (κ2) is 9.82. The summed E-state index contributed by atoms with van der Waals surface area (Å²) in [6.07, 6.45) is -10.7. The Balaban J connectivity index is 2.42. The van der Waals surface area contributed by atoms with E-state index in [1.54, 1.807) is 45.2 Å². The molecule has 0 aliphatic carbocycles. The predicted molar refractivity (Wildman–Crippen MR) is 117 cm³/mol. The zero-order valence-corrected chi connectivity index (χ0v) is 20.6. The molecule has 0 saturated carbocycles. The third-order valence-electron chi connectivity index (χ3n) is 3.74. The van der Waals surface area contributed by atoms with E-state index in [0.717, 1.165) is 18.2 Å². The molecule has 180 valence electrons. The Morgan fingerprint density at radius 1 is 0.939 bits per heavy atom. The molecule has 0 aliphatic heterocycles. The van der Waals surface area contributed by atoms with E-state index in [4.69, 9.17) is 9.29 Å². The van der Waals surface area contributed by atoms with E-state index in [0.29, 0.717) is 0 Å². The molecule has 0 aliphatic rings. The van der Waals surface area contributed by atoms with Gasteiger partial charge >= 0.3 is 33.5 Å². The van der Waals surface area contributed by atoms with Crippen LogP contribution in [0.15, 0.2) is 36.4 Å². The van der Waals surface area contributed by atoms with Crippen LogP contribution in [0, 0.1) is 7.14 Å². The molecule has 2 N–H and O–H groups in total. The summed E-state index contributed by atoms with van der Waals surface area (Å²) in [7, 11) is -6.64. The number of carbonyl (C=O) groups is 2. The number of phenols is 1. The number of phenolic OH excluding ortho intramolecular Hbond substituents is 1. The summed E-state index contributed by atoms with van der Waals surface area (Å²) >= 11 is 3.41. The van der Waals surface area contributed by atoms with E-state index >= 15 is 0 Å². The van der Waals surface area contributed by atoms with Gasteiger partial charge in [-0.1, -0.05) is 12.1 Å². The Hall–Kier alpha value is -1.80. The summed E-state index contributed by atoms with van der Waals surface area (Å²) in [6, 6.07) is 6.38. The zero-order chi connectivity index (χ0) is 25.4. The molecule has 2 aromatic rings. The highest BCUT2D eigenvalue weighted by Gasteiger charge is 2.66. The van der Waals surface area contributed by atoms with Gasteiger partial charge in [0.05, 0.1) is 18.3 Å². The number of benzene rings is 2. The number of hydrogen-bond donors (Lipinski definition) is 2. The molecule has 1 unspecified atom stereocenters. The fraction of sp³-hybridized carbons (Fsp3) is 0.176. The highest BCUT2D eigenvalue weighted by Crippen LogP contribution is 2.38. The van der Waals surface area contributed by atoms with Crippen LogP contribution < -0.4 is 4.74 Å². The molecular weight excluding hydrogens is 713 g/mol. The maximum atomic E-state index is 13.7. The molecule has 0 spiro atoms. The second-order valence-corrected chi connectivity index (χ2v) is 9.85. The van der Waals surface area contributed by atoms with Gasteiger partial charge in [-0.05, 0) is 69.4 Å². The van der Waals surface area contributed by atoms with Crippen molar-refractivity contribution >= 4 is 67.2 Å². The Bertz CT molecular complexity index is 1200. The largest absolute Gasteiger partial charge is 0.507 e. The maximum Gasteiger partial charge on any atom is 0.432 e. The van der Waals surface area contributed by atoms with Crippen molar-refractivity contribution in [1.82, 2.24) is 0 Å². The zero-order valence-electron chi connectivity index (χ0n) is 15.4. The van der Waals surface area contributed by atoms with Crippen LogP contribution in [-0.4, -0.2) is 47.6 Å². The molecular formula is C17H9F5I2O8S. The molecule has 0 fully saturated rings. The summed E-state index contributed by atoms with van der Waals surface area (Å²) in [5, 5.41) is 3.70. The third-order valence-corrected chi connectivity index (χ3v) is 6.35. The van der Waals surface area contributed by atoms with Crippen molar-refractivity contribution in [2.75, 3.05) is 0 Å². The quantitative estimate of drug-likeness (QED) is 0.148.